The highest BCUT2D eigenvalue weighted by molar-refractivity contribution is 5.51. The van der Waals surface area contributed by atoms with E-state index in [1.54, 1.807) is 6.33 Å². The van der Waals surface area contributed by atoms with Crippen molar-refractivity contribution in [3.05, 3.63) is 18.1 Å². The molecule has 2 aromatic heterocycles. The minimum Gasteiger partial charge on any atom is -0.381 e. The van der Waals surface area contributed by atoms with Gasteiger partial charge in [-0.15, -0.1) is 0 Å². The van der Waals surface area contributed by atoms with Crippen molar-refractivity contribution in [1.29, 1.82) is 0 Å². The van der Waals surface area contributed by atoms with Crippen molar-refractivity contribution in [2.75, 3.05) is 44.8 Å². The molecule has 1 unspecified atom stereocenters. The average Bonchev–Trinajstić information content (AvgIpc) is 3.29. The van der Waals surface area contributed by atoms with E-state index in [4.69, 9.17) is 4.74 Å². The van der Waals surface area contributed by atoms with E-state index in [0.717, 1.165) is 43.7 Å². The Labute approximate surface area is 154 Å². The summed E-state index contributed by atoms with van der Waals surface area (Å²) in [6, 6.07) is 2.12. The van der Waals surface area contributed by atoms with Crippen molar-refractivity contribution in [2.45, 2.75) is 38.1 Å². The van der Waals surface area contributed by atoms with Crippen LogP contribution in [0, 0.1) is 18.8 Å². The highest BCUT2D eigenvalue weighted by Gasteiger charge is 2.50. The predicted molar refractivity (Wildman–Crippen MR) is 99.4 cm³/mol. The van der Waals surface area contributed by atoms with Crippen LogP contribution in [0.2, 0.25) is 0 Å². The van der Waals surface area contributed by atoms with Crippen LogP contribution in [0.4, 0.5) is 5.82 Å². The molecule has 140 valence electrons. The number of aromatic nitrogens is 4. The fourth-order valence-electron chi connectivity index (χ4n) is 4.57. The molecule has 26 heavy (non-hydrogen) atoms. The lowest BCUT2D eigenvalue weighted by Gasteiger charge is -2.59. The van der Waals surface area contributed by atoms with Gasteiger partial charge in [-0.25, -0.2) is 4.98 Å². The monoisotopic (exact) mass is 356 g/mol. The van der Waals surface area contributed by atoms with Gasteiger partial charge in [0.05, 0.1) is 5.54 Å². The van der Waals surface area contributed by atoms with Gasteiger partial charge >= 0.3 is 0 Å². The molecule has 4 heterocycles. The maximum Gasteiger partial charge on any atom is 0.254 e. The number of likely N-dealkylation sites (N-methyl/N-ethyl adjacent to an activating group) is 1. The molecule has 0 N–H and O–H groups in total. The Morgan fingerprint density at radius 1 is 1.19 bits per heavy atom. The molecular weight excluding hydrogens is 328 g/mol. The van der Waals surface area contributed by atoms with Crippen LogP contribution in [0.15, 0.2) is 12.4 Å². The Morgan fingerprint density at radius 3 is 2.81 bits per heavy atom. The molecule has 0 amide bonds. The van der Waals surface area contributed by atoms with Crippen LogP contribution in [0.5, 0.6) is 0 Å². The van der Waals surface area contributed by atoms with Gasteiger partial charge in [-0.05, 0) is 58.0 Å². The van der Waals surface area contributed by atoms with Gasteiger partial charge in [0, 0.05) is 38.1 Å². The average molecular weight is 356 g/mol. The summed E-state index contributed by atoms with van der Waals surface area (Å²) in [5, 5.41) is 4.36. The van der Waals surface area contributed by atoms with Gasteiger partial charge in [-0.1, -0.05) is 0 Å². The standard InChI is InChI=1S/C19H28N6O/c1-14-7-17(25-18(22-14)20-13-21-25)24-11-19(12-24)8-16(5-6-23(19)2)10-26-9-15-3-4-15/h7,13,15-16H,3-6,8-12H2,1-2H3. The largest absolute Gasteiger partial charge is 0.381 e. The maximum absolute atomic E-state index is 6.01. The minimum absolute atomic E-state index is 0.274. The van der Waals surface area contributed by atoms with Crippen molar-refractivity contribution >= 4 is 11.6 Å². The van der Waals surface area contributed by atoms with Gasteiger partial charge in [-0.2, -0.15) is 14.6 Å². The molecule has 0 radical (unpaired) electrons. The molecule has 1 atom stereocenters. The molecule has 0 aromatic carbocycles. The first-order valence-electron chi connectivity index (χ1n) is 9.84. The van der Waals surface area contributed by atoms with Crippen molar-refractivity contribution in [1.82, 2.24) is 24.5 Å². The summed E-state index contributed by atoms with van der Waals surface area (Å²) in [4.78, 5) is 13.7. The quantitative estimate of drug-likeness (QED) is 0.814. The Bertz CT molecular complexity index is 794. The van der Waals surface area contributed by atoms with Gasteiger partial charge in [0.1, 0.15) is 12.1 Å². The topological polar surface area (TPSA) is 58.8 Å². The van der Waals surface area contributed by atoms with Crippen molar-refractivity contribution in [2.24, 2.45) is 11.8 Å². The first-order valence-corrected chi connectivity index (χ1v) is 9.84. The molecule has 5 rings (SSSR count). The predicted octanol–water partition coefficient (Wildman–Crippen LogP) is 1.76. The van der Waals surface area contributed by atoms with Crippen LogP contribution in [0.1, 0.15) is 31.4 Å². The summed E-state index contributed by atoms with van der Waals surface area (Å²) in [6.07, 6.45) is 6.81. The fraction of sp³-hybridized carbons (Fsp3) is 0.737. The number of nitrogens with zero attached hydrogens (tertiary/aromatic N) is 6. The number of likely N-dealkylation sites (tertiary alicyclic amines) is 1. The molecule has 7 heteroatoms. The number of ether oxygens (including phenoxy) is 1. The second kappa shape index (κ2) is 6.16. The van der Waals surface area contributed by atoms with E-state index in [2.05, 4.69) is 38.0 Å². The van der Waals surface area contributed by atoms with Gasteiger partial charge < -0.3 is 9.64 Å². The number of aryl methyl sites for hydroxylation is 1. The highest BCUT2D eigenvalue weighted by atomic mass is 16.5. The lowest BCUT2D eigenvalue weighted by atomic mass is 9.75. The van der Waals surface area contributed by atoms with E-state index in [-0.39, 0.29) is 5.54 Å². The van der Waals surface area contributed by atoms with Crippen LogP contribution < -0.4 is 4.90 Å². The van der Waals surface area contributed by atoms with Crippen LogP contribution in [0.25, 0.3) is 5.78 Å². The number of anilines is 1. The third-order valence-corrected chi connectivity index (χ3v) is 6.41. The summed E-state index contributed by atoms with van der Waals surface area (Å²) in [6.45, 7) is 7.19. The molecule has 0 bridgehead atoms. The first-order chi connectivity index (χ1) is 12.6. The fourth-order valence-corrected chi connectivity index (χ4v) is 4.57. The minimum atomic E-state index is 0.274. The number of fused-ring (bicyclic) bond motifs is 1. The zero-order chi connectivity index (χ0) is 17.7. The Balaban J connectivity index is 1.27. The zero-order valence-corrected chi connectivity index (χ0v) is 15.8. The Morgan fingerprint density at radius 2 is 2.00 bits per heavy atom. The molecule has 2 aromatic rings. The molecule has 2 saturated heterocycles. The van der Waals surface area contributed by atoms with E-state index in [0.29, 0.717) is 11.7 Å². The van der Waals surface area contributed by atoms with Crippen molar-refractivity contribution < 1.29 is 4.74 Å². The van der Waals surface area contributed by atoms with E-state index in [1.165, 1.54) is 32.2 Å². The van der Waals surface area contributed by atoms with Crippen molar-refractivity contribution in [3.8, 4) is 0 Å². The van der Waals surface area contributed by atoms with Gasteiger partial charge in [-0.3, -0.25) is 4.90 Å². The van der Waals surface area contributed by atoms with E-state index >= 15 is 0 Å². The summed E-state index contributed by atoms with van der Waals surface area (Å²) in [7, 11) is 2.28. The SMILES string of the molecule is Cc1cc(N2CC3(CC(COCC4CC4)CCN3C)C2)n2ncnc2n1. The summed E-state index contributed by atoms with van der Waals surface area (Å²) in [5.74, 6) is 3.34. The third kappa shape index (κ3) is 2.87. The molecule has 1 saturated carbocycles. The third-order valence-electron chi connectivity index (χ3n) is 6.41. The van der Waals surface area contributed by atoms with Crippen LogP contribution in [-0.2, 0) is 4.74 Å². The number of hydrogen-bond acceptors (Lipinski definition) is 6. The van der Waals surface area contributed by atoms with E-state index in [9.17, 15) is 0 Å². The summed E-state index contributed by atoms with van der Waals surface area (Å²) < 4.78 is 7.87. The maximum atomic E-state index is 6.01. The molecule has 2 aliphatic heterocycles. The normalized spacial score (nSPS) is 25.8. The van der Waals surface area contributed by atoms with Gasteiger partial charge in [0.15, 0.2) is 0 Å². The summed E-state index contributed by atoms with van der Waals surface area (Å²) in [5.41, 5.74) is 1.26. The van der Waals surface area contributed by atoms with Gasteiger partial charge in [0.25, 0.3) is 5.78 Å². The lowest BCUT2D eigenvalue weighted by molar-refractivity contribution is -0.0139. The Kier molecular flexibility index (Phi) is 3.90. The zero-order valence-electron chi connectivity index (χ0n) is 15.8. The smallest absolute Gasteiger partial charge is 0.254 e. The van der Waals surface area contributed by atoms with Crippen molar-refractivity contribution in [3.63, 3.8) is 0 Å². The molecule has 7 nitrogen and oxygen atoms in total. The van der Waals surface area contributed by atoms with Crippen LogP contribution in [-0.4, -0.2) is 69.9 Å². The molecule has 3 fully saturated rings. The van der Waals surface area contributed by atoms with Crippen LogP contribution in [0.3, 0.4) is 0 Å². The van der Waals surface area contributed by atoms with E-state index in [1.807, 2.05) is 11.4 Å². The summed E-state index contributed by atoms with van der Waals surface area (Å²) >= 11 is 0. The number of hydrogen-bond donors (Lipinski definition) is 0. The van der Waals surface area contributed by atoms with Gasteiger partial charge in [0.2, 0.25) is 0 Å². The number of rotatable bonds is 5. The van der Waals surface area contributed by atoms with Crippen LogP contribution >= 0.6 is 0 Å². The molecule has 3 aliphatic rings. The molecule has 1 spiro atoms. The second-order valence-electron chi connectivity index (χ2n) is 8.57. The number of piperidine rings is 1. The molecule has 1 aliphatic carbocycles. The highest BCUT2D eigenvalue weighted by Crippen LogP contribution is 2.40. The second-order valence-corrected chi connectivity index (χ2v) is 8.57. The van der Waals surface area contributed by atoms with E-state index < -0.39 is 0 Å². The molecular formula is C19H28N6O. The Hall–Kier alpha value is -1.73. The lowest BCUT2D eigenvalue weighted by Crippen LogP contribution is -2.72. The first kappa shape index (κ1) is 16.4.